The monoisotopic (exact) mass is 328 g/mol. The first-order chi connectivity index (χ1) is 11.1. The summed E-state index contributed by atoms with van der Waals surface area (Å²) in [6.07, 6.45) is -1.13. The number of thioether (sulfide) groups is 1. The molecule has 0 fully saturated rings. The minimum Gasteiger partial charge on any atom is -0.465 e. The van der Waals surface area contributed by atoms with Gasteiger partial charge >= 0.3 is 6.09 Å². The topological polar surface area (TPSA) is 60.9 Å². The molecule has 0 saturated carbocycles. The third kappa shape index (κ3) is 2.90. The van der Waals surface area contributed by atoms with E-state index in [1.54, 1.807) is 36.2 Å². The van der Waals surface area contributed by atoms with Gasteiger partial charge in [0.05, 0.1) is 5.69 Å². The van der Waals surface area contributed by atoms with E-state index in [1.807, 2.05) is 30.3 Å². The molecular weight excluding hydrogens is 312 g/mol. The zero-order valence-corrected chi connectivity index (χ0v) is 13.4. The van der Waals surface area contributed by atoms with Crippen molar-refractivity contribution in [2.75, 3.05) is 22.6 Å². The summed E-state index contributed by atoms with van der Waals surface area (Å²) in [5.74, 6) is 0.148. The van der Waals surface area contributed by atoms with E-state index >= 15 is 0 Å². The summed E-state index contributed by atoms with van der Waals surface area (Å²) in [5.41, 5.74) is 1.31. The fourth-order valence-corrected chi connectivity index (χ4v) is 3.79. The highest BCUT2D eigenvalue weighted by molar-refractivity contribution is 7.99. The molecule has 1 aliphatic heterocycles. The Morgan fingerprint density at radius 2 is 1.83 bits per heavy atom. The number of carbonyl (C=O) groups excluding carboxylic acids is 1. The van der Waals surface area contributed by atoms with Gasteiger partial charge < -0.3 is 10.0 Å². The Balaban J connectivity index is 1.99. The van der Waals surface area contributed by atoms with E-state index in [-0.39, 0.29) is 5.91 Å². The molecule has 6 heteroatoms. The maximum atomic E-state index is 12.8. The molecule has 0 spiro atoms. The van der Waals surface area contributed by atoms with Crippen LogP contribution in [0.15, 0.2) is 59.5 Å². The third-order valence-corrected chi connectivity index (χ3v) is 4.93. The van der Waals surface area contributed by atoms with E-state index in [0.29, 0.717) is 11.4 Å². The average molecular weight is 328 g/mol. The number of anilines is 2. The maximum absolute atomic E-state index is 12.8. The fraction of sp³-hybridized carbons (Fsp3) is 0.176. The second-order valence-electron chi connectivity index (χ2n) is 5.18. The molecule has 2 aromatic carbocycles. The molecule has 1 atom stereocenters. The predicted octanol–water partition coefficient (Wildman–Crippen LogP) is 3.31. The van der Waals surface area contributed by atoms with Gasteiger partial charge in [-0.15, -0.1) is 11.8 Å². The number of rotatable bonds is 2. The van der Waals surface area contributed by atoms with Crippen LogP contribution in [0, 0.1) is 0 Å². The zero-order valence-electron chi connectivity index (χ0n) is 12.5. The molecule has 0 radical (unpaired) electrons. The molecule has 118 valence electrons. The molecule has 23 heavy (non-hydrogen) atoms. The van der Waals surface area contributed by atoms with Gasteiger partial charge in [0.15, 0.2) is 0 Å². The van der Waals surface area contributed by atoms with Crippen molar-refractivity contribution >= 4 is 35.1 Å². The van der Waals surface area contributed by atoms with Gasteiger partial charge in [0.2, 0.25) is 0 Å². The Labute approximate surface area is 138 Å². The summed E-state index contributed by atoms with van der Waals surface area (Å²) in [5, 5.41) is 9.64. The Morgan fingerprint density at radius 1 is 1.17 bits per heavy atom. The molecule has 1 aliphatic rings. The molecule has 5 nitrogen and oxygen atoms in total. The van der Waals surface area contributed by atoms with Gasteiger partial charge in [-0.1, -0.05) is 30.3 Å². The molecule has 0 aliphatic carbocycles. The van der Waals surface area contributed by atoms with Crippen molar-refractivity contribution in [3.63, 3.8) is 0 Å². The standard InChI is InChI=1S/C17H16N2O3S/c1-18-13-9-5-6-10-15(13)23-11-14(16(18)20)19(17(21)22)12-7-3-2-4-8-12/h2-10,14H,11H2,1H3,(H,21,22)/t14-/m0/s1. The number of hydrogen-bond acceptors (Lipinski definition) is 3. The second kappa shape index (κ2) is 6.34. The molecule has 2 aromatic rings. The number of carboxylic acid groups (broad SMARTS) is 1. The van der Waals surface area contributed by atoms with E-state index in [1.165, 1.54) is 11.8 Å². The van der Waals surface area contributed by atoms with Crippen LogP contribution in [0.4, 0.5) is 16.2 Å². The van der Waals surface area contributed by atoms with Crippen LogP contribution in [0.5, 0.6) is 0 Å². The maximum Gasteiger partial charge on any atom is 0.412 e. The normalized spacial score (nSPS) is 17.3. The summed E-state index contributed by atoms with van der Waals surface area (Å²) in [6.45, 7) is 0. The highest BCUT2D eigenvalue weighted by atomic mass is 32.2. The quantitative estimate of drug-likeness (QED) is 0.919. The van der Waals surface area contributed by atoms with Crippen molar-refractivity contribution in [3.05, 3.63) is 54.6 Å². The van der Waals surface area contributed by atoms with E-state index in [0.717, 1.165) is 15.5 Å². The van der Waals surface area contributed by atoms with Gasteiger partial charge in [-0.3, -0.25) is 9.69 Å². The summed E-state index contributed by atoms with van der Waals surface area (Å²) in [4.78, 5) is 28.3. The molecule has 0 aromatic heterocycles. The summed E-state index contributed by atoms with van der Waals surface area (Å²) in [6, 6.07) is 15.6. The lowest BCUT2D eigenvalue weighted by molar-refractivity contribution is -0.119. The molecule has 0 unspecified atom stereocenters. The van der Waals surface area contributed by atoms with Gasteiger partial charge in [0, 0.05) is 23.4 Å². The van der Waals surface area contributed by atoms with Gasteiger partial charge in [0.25, 0.3) is 5.91 Å². The summed E-state index contributed by atoms with van der Waals surface area (Å²) < 4.78 is 0. The molecule has 2 amide bonds. The largest absolute Gasteiger partial charge is 0.465 e. The Hall–Kier alpha value is -2.47. The van der Waals surface area contributed by atoms with Crippen LogP contribution in [0.3, 0.4) is 0 Å². The van der Waals surface area contributed by atoms with Crippen molar-refractivity contribution in [2.45, 2.75) is 10.9 Å². The minimum absolute atomic E-state index is 0.228. The number of nitrogens with zero attached hydrogens (tertiary/aromatic N) is 2. The molecule has 3 rings (SSSR count). The Kier molecular flexibility index (Phi) is 4.25. The SMILES string of the molecule is CN1C(=O)[C@@H](N(C(=O)O)c2ccccc2)CSc2ccccc21. The first kappa shape index (κ1) is 15.4. The number of benzene rings is 2. The first-order valence-corrected chi connectivity index (χ1v) is 8.15. The van der Waals surface area contributed by atoms with Crippen LogP contribution < -0.4 is 9.80 Å². The number of amides is 2. The van der Waals surface area contributed by atoms with Crippen LogP contribution in [-0.4, -0.2) is 35.9 Å². The van der Waals surface area contributed by atoms with Gasteiger partial charge in [0.1, 0.15) is 6.04 Å². The summed E-state index contributed by atoms with van der Waals surface area (Å²) in [7, 11) is 1.69. The van der Waals surface area contributed by atoms with Gasteiger partial charge in [-0.05, 0) is 24.3 Å². The van der Waals surface area contributed by atoms with Crippen LogP contribution in [0.2, 0.25) is 0 Å². The Morgan fingerprint density at radius 3 is 2.52 bits per heavy atom. The minimum atomic E-state index is -1.13. The molecule has 0 saturated heterocycles. The van der Waals surface area contributed by atoms with E-state index in [4.69, 9.17) is 0 Å². The van der Waals surface area contributed by atoms with Crippen LogP contribution in [0.1, 0.15) is 0 Å². The number of fused-ring (bicyclic) bond motifs is 1. The van der Waals surface area contributed by atoms with Crippen LogP contribution in [-0.2, 0) is 4.79 Å². The van der Waals surface area contributed by atoms with Crippen molar-refractivity contribution < 1.29 is 14.7 Å². The van der Waals surface area contributed by atoms with Crippen LogP contribution in [0.25, 0.3) is 0 Å². The number of carbonyl (C=O) groups is 2. The van der Waals surface area contributed by atoms with E-state index in [2.05, 4.69) is 0 Å². The van der Waals surface area contributed by atoms with E-state index < -0.39 is 12.1 Å². The second-order valence-corrected chi connectivity index (χ2v) is 6.24. The van der Waals surface area contributed by atoms with Crippen molar-refractivity contribution in [2.24, 2.45) is 0 Å². The van der Waals surface area contributed by atoms with E-state index in [9.17, 15) is 14.7 Å². The average Bonchev–Trinajstić information content (AvgIpc) is 2.68. The first-order valence-electron chi connectivity index (χ1n) is 7.16. The smallest absolute Gasteiger partial charge is 0.412 e. The summed E-state index contributed by atoms with van der Waals surface area (Å²) >= 11 is 1.50. The fourth-order valence-electron chi connectivity index (χ4n) is 2.64. The lowest BCUT2D eigenvalue weighted by atomic mass is 10.2. The lowest BCUT2D eigenvalue weighted by Gasteiger charge is -2.29. The molecular formula is C17H16N2O3S. The third-order valence-electron chi connectivity index (χ3n) is 3.79. The number of hydrogen-bond donors (Lipinski definition) is 1. The highest BCUT2D eigenvalue weighted by Gasteiger charge is 2.36. The Bertz CT molecular complexity index is 736. The van der Waals surface area contributed by atoms with Crippen molar-refractivity contribution in [3.8, 4) is 0 Å². The van der Waals surface area contributed by atoms with Gasteiger partial charge in [-0.2, -0.15) is 0 Å². The number of para-hydroxylation sites is 2. The lowest BCUT2D eigenvalue weighted by Crippen LogP contribution is -2.51. The van der Waals surface area contributed by atoms with Gasteiger partial charge in [-0.25, -0.2) is 4.79 Å². The predicted molar refractivity (Wildman–Crippen MR) is 91.3 cm³/mol. The zero-order chi connectivity index (χ0) is 16.4. The highest BCUT2D eigenvalue weighted by Crippen LogP contribution is 2.35. The number of likely N-dealkylation sites (N-methyl/N-ethyl adjacent to an activating group) is 1. The van der Waals surface area contributed by atoms with Crippen LogP contribution >= 0.6 is 11.8 Å². The molecule has 1 N–H and O–H groups in total. The molecule has 1 heterocycles. The molecule has 0 bridgehead atoms. The van der Waals surface area contributed by atoms with Crippen molar-refractivity contribution in [1.82, 2.24) is 0 Å². The van der Waals surface area contributed by atoms with Crippen molar-refractivity contribution in [1.29, 1.82) is 0 Å².